The fourth-order valence-electron chi connectivity index (χ4n) is 8.79. The van der Waals surface area contributed by atoms with Crippen LogP contribution < -0.4 is 0 Å². The fraction of sp³-hybridized carbons (Fsp3) is 0.725. The van der Waals surface area contributed by atoms with Crippen molar-refractivity contribution in [1.29, 1.82) is 0 Å². The first-order valence-electron chi connectivity index (χ1n) is 31.7. The number of ether oxygens (including phenoxy) is 3. The van der Waals surface area contributed by atoms with Crippen molar-refractivity contribution >= 4 is 17.9 Å². The summed E-state index contributed by atoms with van der Waals surface area (Å²) in [6.45, 7) is 6.51. The molecule has 0 aliphatic rings. The second-order valence-electron chi connectivity index (χ2n) is 20.9. The Labute approximate surface area is 464 Å². The summed E-state index contributed by atoms with van der Waals surface area (Å²) in [5.74, 6) is -0.908. The van der Waals surface area contributed by atoms with Gasteiger partial charge in [0, 0.05) is 19.3 Å². The van der Waals surface area contributed by atoms with Gasteiger partial charge >= 0.3 is 17.9 Å². The van der Waals surface area contributed by atoms with E-state index >= 15 is 0 Å². The van der Waals surface area contributed by atoms with E-state index in [4.69, 9.17) is 14.2 Å². The van der Waals surface area contributed by atoms with Crippen molar-refractivity contribution in [2.24, 2.45) is 0 Å². The van der Waals surface area contributed by atoms with Gasteiger partial charge in [-0.25, -0.2) is 0 Å². The summed E-state index contributed by atoms with van der Waals surface area (Å²) in [7, 11) is 0. The first kappa shape index (κ1) is 71.3. The molecule has 6 heteroatoms. The number of carbonyl (C=O) groups is 3. The highest BCUT2D eigenvalue weighted by Gasteiger charge is 2.19. The highest BCUT2D eigenvalue weighted by Crippen LogP contribution is 2.15. The van der Waals surface area contributed by atoms with Gasteiger partial charge in [-0.3, -0.25) is 14.4 Å². The van der Waals surface area contributed by atoms with Gasteiger partial charge in [0.2, 0.25) is 0 Å². The van der Waals surface area contributed by atoms with E-state index < -0.39 is 6.10 Å². The molecule has 1 unspecified atom stereocenters. The highest BCUT2D eigenvalue weighted by atomic mass is 16.6. The minimum Gasteiger partial charge on any atom is -0.462 e. The third-order valence-electron chi connectivity index (χ3n) is 13.5. The van der Waals surface area contributed by atoms with Crippen LogP contribution >= 0.6 is 0 Å². The molecule has 0 bridgehead atoms. The molecular formula is C69H118O6. The van der Waals surface area contributed by atoms with Crippen molar-refractivity contribution in [3.8, 4) is 0 Å². The normalized spacial score (nSPS) is 12.7. The number of hydrogen-bond acceptors (Lipinski definition) is 6. The van der Waals surface area contributed by atoms with Crippen LogP contribution in [0.25, 0.3) is 0 Å². The second kappa shape index (κ2) is 62.9. The lowest BCUT2D eigenvalue weighted by molar-refractivity contribution is -0.167. The molecule has 0 aliphatic carbocycles. The first-order valence-corrected chi connectivity index (χ1v) is 31.7. The zero-order valence-corrected chi connectivity index (χ0v) is 49.3. The molecule has 0 fully saturated rings. The summed E-state index contributed by atoms with van der Waals surface area (Å²) in [4.78, 5) is 38.3. The third kappa shape index (κ3) is 61.1. The number of rotatable bonds is 57. The van der Waals surface area contributed by atoms with E-state index in [-0.39, 0.29) is 31.1 Å². The van der Waals surface area contributed by atoms with Crippen LogP contribution in [-0.4, -0.2) is 37.2 Å². The van der Waals surface area contributed by atoms with Gasteiger partial charge in [-0.15, -0.1) is 0 Å². The monoisotopic (exact) mass is 1040 g/mol. The maximum atomic E-state index is 12.9. The van der Waals surface area contributed by atoms with Gasteiger partial charge in [-0.2, -0.15) is 0 Å². The fourth-order valence-corrected chi connectivity index (χ4v) is 8.79. The maximum Gasteiger partial charge on any atom is 0.306 e. The summed E-state index contributed by atoms with van der Waals surface area (Å²) >= 11 is 0. The molecule has 0 amide bonds. The average molecular weight is 1040 g/mol. The molecule has 1 atom stereocenters. The standard InChI is InChI=1S/C69H118O6/c1-4-7-10-13-16-19-22-25-28-31-33-34-35-36-37-39-41-44-47-50-53-56-59-62-68(71)74-65-66(64-73-67(70)61-58-55-52-49-46-43-40-30-27-24-21-18-15-12-9-6-3)75-69(72)63-60-57-54-51-48-45-42-38-32-29-26-23-20-17-14-11-8-5-2/h7,10,16,19,21,24-25,28-30,32-34,36-37,40,66H,4-6,8-9,11-15,17-18,20,22-23,26-27,31,35,38-39,41-65H2,1-3H3/b10-7-,19-16-,24-21-,28-25-,32-29-,34-33-,37-36-,40-30-. The van der Waals surface area contributed by atoms with E-state index in [0.717, 1.165) is 116 Å². The van der Waals surface area contributed by atoms with E-state index in [1.54, 1.807) is 0 Å². The molecule has 0 aromatic carbocycles. The Morgan fingerprint density at radius 2 is 0.520 bits per heavy atom. The smallest absolute Gasteiger partial charge is 0.306 e. The Morgan fingerprint density at radius 3 is 0.840 bits per heavy atom. The molecule has 0 heterocycles. The topological polar surface area (TPSA) is 78.9 Å². The van der Waals surface area contributed by atoms with Crippen molar-refractivity contribution < 1.29 is 28.6 Å². The minimum absolute atomic E-state index is 0.0894. The zero-order chi connectivity index (χ0) is 54.3. The molecule has 0 N–H and O–H groups in total. The van der Waals surface area contributed by atoms with Gasteiger partial charge in [0.05, 0.1) is 0 Å². The molecule has 0 saturated carbocycles. The molecule has 0 rings (SSSR count). The summed E-state index contributed by atoms with van der Waals surface area (Å²) in [6, 6.07) is 0. The Bertz CT molecular complexity index is 1480. The summed E-state index contributed by atoms with van der Waals surface area (Å²) < 4.78 is 16.9. The molecule has 430 valence electrons. The van der Waals surface area contributed by atoms with E-state index in [9.17, 15) is 14.4 Å². The van der Waals surface area contributed by atoms with Crippen LogP contribution in [0.15, 0.2) is 97.2 Å². The highest BCUT2D eigenvalue weighted by molar-refractivity contribution is 5.71. The SMILES string of the molecule is CC/C=C\C/C=C\C/C=C\C/C=C\C/C=C\CCCCCCCCCC(=O)OCC(COC(=O)CCCCCCC/C=C\C/C=C\CCCCCC)OC(=O)CCCCCCCCC/C=C\CCCCCCCCC. The van der Waals surface area contributed by atoms with Gasteiger partial charge in [-0.05, 0) is 122 Å². The molecule has 0 aromatic rings. The van der Waals surface area contributed by atoms with E-state index in [1.165, 1.54) is 148 Å². The van der Waals surface area contributed by atoms with Gasteiger partial charge in [-0.1, -0.05) is 259 Å². The zero-order valence-electron chi connectivity index (χ0n) is 49.3. The van der Waals surface area contributed by atoms with Gasteiger partial charge in [0.15, 0.2) is 6.10 Å². The number of carbonyl (C=O) groups excluding carboxylic acids is 3. The lowest BCUT2D eigenvalue weighted by Crippen LogP contribution is -2.30. The van der Waals surface area contributed by atoms with E-state index in [1.807, 2.05) is 0 Å². The Balaban J connectivity index is 4.42. The molecular weight excluding hydrogens is 925 g/mol. The van der Waals surface area contributed by atoms with Crippen molar-refractivity contribution in [3.05, 3.63) is 97.2 Å². The number of hydrogen-bond donors (Lipinski definition) is 0. The lowest BCUT2D eigenvalue weighted by atomic mass is 10.1. The van der Waals surface area contributed by atoms with Crippen LogP contribution in [0.5, 0.6) is 0 Å². The maximum absolute atomic E-state index is 12.9. The van der Waals surface area contributed by atoms with Crippen LogP contribution in [-0.2, 0) is 28.6 Å². The van der Waals surface area contributed by atoms with E-state index in [2.05, 4.69) is 118 Å². The summed E-state index contributed by atoms with van der Waals surface area (Å²) in [5.41, 5.74) is 0. The third-order valence-corrected chi connectivity index (χ3v) is 13.5. The quantitative estimate of drug-likeness (QED) is 0.0261. The summed E-state index contributed by atoms with van der Waals surface area (Å²) in [5, 5.41) is 0. The van der Waals surface area contributed by atoms with Gasteiger partial charge in [0.1, 0.15) is 13.2 Å². The predicted molar refractivity (Wildman–Crippen MR) is 325 cm³/mol. The van der Waals surface area contributed by atoms with Crippen molar-refractivity contribution in [2.45, 2.75) is 309 Å². The second-order valence-corrected chi connectivity index (χ2v) is 20.9. The summed E-state index contributed by atoms with van der Waals surface area (Å²) in [6.07, 6.45) is 84.0. The number of unbranched alkanes of at least 4 members (excludes halogenated alkanes) is 30. The van der Waals surface area contributed by atoms with Gasteiger partial charge < -0.3 is 14.2 Å². The lowest BCUT2D eigenvalue weighted by Gasteiger charge is -2.18. The molecule has 0 spiro atoms. The average Bonchev–Trinajstić information content (AvgIpc) is 3.41. The first-order chi connectivity index (χ1) is 37.0. The molecule has 0 aromatic heterocycles. The van der Waals surface area contributed by atoms with Crippen LogP contribution in [0.4, 0.5) is 0 Å². The Hall–Kier alpha value is -3.67. The van der Waals surface area contributed by atoms with Crippen LogP contribution in [0.1, 0.15) is 303 Å². The van der Waals surface area contributed by atoms with Crippen molar-refractivity contribution in [1.82, 2.24) is 0 Å². The van der Waals surface area contributed by atoms with Crippen LogP contribution in [0.2, 0.25) is 0 Å². The van der Waals surface area contributed by atoms with Crippen LogP contribution in [0, 0.1) is 0 Å². The Kier molecular flexibility index (Phi) is 59.8. The molecule has 6 nitrogen and oxygen atoms in total. The van der Waals surface area contributed by atoms with Gasteiger partial charge in [0.25, 0.3) is 0 Å². The molecule has 0 aliphatic heterocycles. The Morgan fingerprint density at radius 1 is 0.280 bits per heavy atom. The van der Waals surface area contributed by atoms with Crippen LogP contribution in [0.3, 0.4) is 0 Å². The molecule has 0 saturated heterocycles. The minimum atomic E-state index is -0.793. The van der Waals surface area contributed by atoms with E-state index in [0.29, 0.717) is 19.3 Å². The number of esters is 3. The van der Waals surface area contributed by atoms with Crippen molar-refractivity contribution in [3.63, 3.8) is 0 Å². The largest absolute Gasteiger partial charge is 0.462 e. The molecule has 0 radical (unpaired) electrons. The predicted octanol–water partition coefficient (Wildman–Crippen LogP) is 21.7. The molecule has 75 heavy (non-hydrogen) atoms. The number of allylic oxidation sites excluding steroid dienone is 16. The van der Waals surface area contributed by atoms with Crippen molar-refractivity contribution in [2.75, 3.05) is 13.2 Å².